The molecular weight excluding hydrogens is 408 g/mol. The molecule has 0 saturated heterocycles. The second-order valence-electron chi connectivity index (χ2n) is 7.19. The Kier molecular flexibility index (Phi) is 7.62. The van der Waals surface area contributed by atoms with Crippen LogP contribution in [-0.2, 0) is 4.79 Å². The molecule has 0 saturated carbocycles. The van der Waals surface area contributed by atoms with Crippen LogP contribution in [0.1, 0.15) is 31.9 Å². The fraction of sp³-hybridized carbons (Fsp3) is 0.200. The minimum absolute atomic E-state index is 0.196. The van der Waals surface area contributed by atoms with Crippen molar-refractivity contribution in [3.63, 3.8) is 0 Å². The quantitative estimate of drug-likeness (QED) is 0.401. The van der Waals surface area contributed by atoms with E-state index in [1.54, 1.807) is 18.2 Å². The number of thiophene rings is 1. The van der Waals surface area contributed by atoms with Crippen molar-refractivity contribution in [2.45, 2.75) is 20.8 Å². The van der Waals surface area contributed by atoms with Crippen molar-refractivity contribution in [3.8, 4) is 5.75 Å². The fourth-order valence-electron chi connectivity index (χ4n) is 2.92. The highest BCUT2D eigenvalue weighted by Gasteiger charge is 2.16. The van der Waals surface area contributed by atoms with Gasteiger partial charge in [0, 0.05) is 10.4 Å². The molecule has 2 amide bonds. The second-order valence-corrected chi connectivity index (χ2v) is 8.17. The lowest BCUT2D eigenvalue weighted by molar-refractivity contribution is -0.117. The molecule has 31 heavy (non-hydrogen) atoms. The molecular formula is C25H26N2O3S. The topological polar surface area (TPSA) is 67.4 Å². The minimum atomic E-state index is -0.362. The van der Waals surface area contributed by atoms with Gasteiger partial charge in [0.1, 0.15) is 18.1 Å². The molecule has 0 atom stereocenters. The van der Waals surface area contributed by atoms with Crippen molar-refractivity contribution < 1.29 is 14.3 Å². The maximum absolute atomic E-state index is 12.8. The maximum Gasteiger partial charge on any atom is 0.267 e. The van der Waals surface area contributed by atoms with E-state index in [4.69, 9.17) is 4.74 Å². The SMILES string of the molecule is Cc1ccc(OCCNC(=O)/C(=C/c2cccs2)NC(=O)c2ccccc2C)cc1C. The Labute approximate surface area is 186 Å². The first kappa shape index (κ1) is 22.3. The minimum Gasteiger partial charge on any atom is -0.492 e. The first-order chi connectivity index (χ1) is 14.9. The van der Waals surface area contributed by atoms with Crippen LogP contribution in [0, 0.1) is 20.8 Å². The van der Waals surface area contributed by atoms with Gasteiger partial charge in [0.15, 0.2) is 0 Å². The molecule has 0 aliphatic rings. The summed E-state index contributed by atoms with van der Waals surface area (Å²) in [6, 6.07) is 17.0. The van der Waals surface area contributed by atoms with E-state index in [-0.39, 0.29) is 17.5 Å². The predicted octanol–water partition coefficient (Wildman–Crippen LogP) is 4.64. The van der Waals surface area contributed by atoms with Gasteiger partial charge in [-0.2, -0.15) is 0 Å². The summed E-state index contributed by atoms with van der Waals surface area (Å²) >= 11 is 1.49. The summed E-state index contributed by atoms with van der Waals surface area (Å²) in [4.78, 5) is 26.4. The zero-order valence-electron chi connectivity index (χ0n) is 17.9. The van der Waals surface area contributed by atoms with E-state index in [1.165, 1.54) is 16.9 Å². The second kappa shape index (κ2) is 10.6. The number of nitrogens with one attached hydrogen (secondary N) is 2. The van der Waals surface area contributed by atoms with Crippen LogP contribution in [0.15, 0.2) is 65.7 Å². The molecule has 0 aliphatic carbocycles. The molecule has 5 nitrogen and oxygen atoms in total. The van der Waals surface area contributed by atoms with Gasteiger partial charge in [0.05, 0.1) is 6.54 Å². The van der Waals surface area contributed by atoms with Gasteiger partial charge < -0.3 is 15.4 Å². The van der Waals surface area contributed by atoms with Crippen molar-refractivity contribution in [2.24, 2.45) is 0 Å². The average molecular weight is 435 g/mol. The summed E-state index contributed by atoms with van der Waals surface area (Å²) in [5, 5.41) is 7.50. The monoisotopic (exact) mass is 434 g/mol. The van der Waals surface area contributed by atoms with Crippen LogP contribution in [0.3, 0.4) is 0 Å². The molecule has 1 aromatic heterocycles. The Morgan fingerprint density at radius 1 is 0.968 bits per heavy atom. The first-order valence-electron chi connectivity index (χ1n) is 10.0. The van der Waals surface area contributed by atoms with Crippen molar-refractivity contribution in [1.82, 2.24) is 10.6 Å². The molecule has 2 aromatic carbocycles. The molecule has 0 spiro atoms. The van der Waals surface area contributed by atoms with Gasteiger partial charge >= 0.3 is 0 Å². The van der Waals surface area contributed by atoms with Crippen LogP contribution in [0.25, 0.3) is 6.08 Å². The molecule has 0 unspecified atom stereocenters. The number of ether oxygens (including phenoxy) is 1. The van der Waals surface area contributed by atoms with E-state index in [0.29, 0.717) is 18.7 Å². The standard InChI is InChI=1S/C25H26N2O3S/c1-17-10-11-20(15-19(17)3)30-13-12-26-25(29)23(16-21-8-6-14-31-21)27-24(28)22-9-5-4-7-18(22)2/h4-11,14-16H,12-13H2,1-3H3,(H,26,29)(H,27,28)/b23-16-. The smallest absolute Gasteiger partial charge is 0.267 e. The number of aryl methyl sites for hydroxylation is 3. The molecule has 3 aromatic rings. The third kappa shape index (κ3) is 6.30. The lowest BCUT2D eigenvalue weighted by Crippen LogP contribution is -2.36. The van der Waals surface area contributed by atoms with Crippen LogP contribution in [0.4, 0.5) is 0 Å². The number of carbonyl (C=O) groups is 2. The molecule has 1 heterocycles. The Hall–Kier alpha value is -3.38. The zero-order chi connectivity index (χ0) is 22.2. The maximum atomic E-state index is 12.8. The summed E-state index contributed by atoms with van der Waals surface area (Å²) in [7, 11) is 0. The molecule has 3 rings (SSSR count). The number of carbonyl (C=O) groups excluding carboxylic acids is 2. The van der Waals surface area contributed by atoms with E-state index in [9.17, 15) is 9.59 Å². The number of hydrogen-bond acceptors (Lipinski definition) is 4. The van der Waals surface area contributed by atoms with Gasteiger partial charge in [-0.3, -0.25) is 9.59 Å². The summed E-state index contributed by atoms with van der Waals surface area (Å²) in [5.74, 6) is 0.0843. The highest BCUT2D eigenvalue weighted by Crippen LogP contribution is 2.16. The van der Waals surface area contributed by atoms with Gasteiger partial charge in [0.2, 0.25) is 0 Å². The van der Waals surface area contributed by atoms with Gasteiger partial charge in [-0.1, -0.05) is 30.3 Å². The van der Waals surface area contributed by atoms with Gasteiger partial charge in [-0.15, -0.1) is 11.3 Å². The van der Waals surface area contributed by atoms with Crippen molar-refractivity contribution >= 4 is 29.2 Å². The molecule has 0 aliphatic heterocycles. The summed E-state index contributed by atoms with van der Waals surface area (Å²) in [6.07, 6.45) is 1.68. The highest BCUT2D eigenvalue weighted by molar-refractivity contribution is 7.10. The van der Waals surface area contributed by atoms with E-state index in [2.05, 4.69) is 10.6 Å². The Morgan fingerprint density at radius 2 is 1.77 bits per heavy atom. The number of rotatable bonds is 8. The molecule has 0 radical (unpaired) electrons. The van der Waals surface area contributed by atoms with Crippen molar-refractivity contribution in [3.05, 3.63) is 92.8 Å². The summed E-state index contributed by atoms with van der Waals surface area (Å²) in [5.41, 5.74) is 3.93. The third-order valence-electron chi connectivity index (χ3n) is 4.85. The summed E-state index contributed by atoms with van der Waals surface area (Å²) < 4.78 is 5.72. The van der Waals surface area contributed by atoms with E-state index in [1.807, 2.05) is 68.6 Å². The molecule has 2 N–H and O–H groups in total. The zero-order valence-corrected chi connectivity index (χ0v) is 18.7. The number of amides is 2. The Bertz CT molecular complexity index is 1090. The lowest BCUT2D eigenvalue weighted by Gasteiger charge is -2.13. The van der Waals surface area contributed by atoms with E-state index in [0.717, 1.165) is 21.8 Å². The lowest BCUT2D eigenvalue weighted by atomic mass is 10.1. The summed E-state index contributed by atoms with van der Waals surface area (Å²) in [6.45, 7) is 6.58. The van der Waals surface area contributed by atoms with Gasteiger partial charge in [-0.05, 0) is 73.2 Å². The number of benzene rings is 2. The van der Waals surface area contributed by atoms with Crippen LogP contribution >= 0.6 is 11.3 Å². The number of hydrogen-bond donors (Lipinski definition) is 2. The molecule has 0 fully saturated rings. The Morgan fingerprint density at radius 3 is 2.48 bits per heavy atom. The van der Waals surface area contributed by atoms with Crippen LogP contribution < -0.4 is 15.4 Å². The normalized spacial score (nSPS) is 11.1. The van der Waals surface area contributed by atoms with E-state index >= 15 is 0 Å². The van der Waals surface area contributed by atoms with Crippen LogP contribution in [0.2, 0.25) is 0 Å². The largest absolute Gasteiger partial charge is 0.492 e. The Balaban J connectivity index is 1.63. The van der Waals surface area contributed by atoms with Crippen LogP contribution in [0.5, 0.6) is 5.75 Å². The van der Waals surface area contributed by atoms with Crippen molar-refractivity contribution in [1.29, 1.82) is 0 Å². The highest BCUT2D eigenvalue weighted by atomic mass is 32.1. The van der Waals surface area contributed by atoms with E-state index < -0.39 is 0 Å². The fourth-order valence-corrected chi connectivity index (χ4v) is 3.58. The van der Waals surface area contributed by atoms with Gasteiger partial charge in [-0.25, -0.2) is 0 Å². The molecule has 0 bridgehead atoms. The average Bonchev–Trinajstić information content (AvgIpc) is 3.26. The molecule has 160 valence electrons. The first-order valence-corrected chi connectivity index (χ1v) is 10.9. The van der Waals surface area contributed by atoms with Crippen molar-refractivity contribution in [2.75, 3.05) is 13.2 Å². The van der Waals surface area contributed by atoms with Gasteiger partial charge in [0.25, 0.3) is 11.8 Å². The third-order valence-corrected chi connectivity index (χ3v) is 5.67. The van der Waals surface area contributed by atoms with Crippen LogP contribution in [-0.4, -0.2) is 25.0 Å². The molecule has 6 heteroatoms. The predicted molar refractivity (Wildman–Crippen MR) is 125 cm³/mol.